The molecule has 1 fully saturated rings. The van der Waals surface area contributed by atoms with Crippen molar-refractivity contribution in [3.05, 3.63) is 48.6 Å². The molecular formula is C47H82O10. The number of esters is 2. The van der Waals surface area contributed by atoms with E-state index in [-0.39, 0.29) is 26.1 Å². The summed E-state index contributed by atoms with van der Waals surface area (Å²) >= 11 is 0. The number of hydrogen-bond donors (Lipinski definition) is 4. The van der Waals surface area contributed by atoms with Gasteiger partial charge in [-0.05, 0) is 51.4 Å². The lowest BCUT2D eigenvalue weighted by molar-refractivity contribution is -0.305. The quantitative estimate of drug-likeness (QED) is 0.0271. The van der Waals surface area contributed by atoms with E-state index in [9.17, 15) is 30.0 Å². The SMILES string of the molecule is CCCCC/C=C/C/C=C/C/C=C/C/C=C/CCCC(=O)OC[C@@H](CO[C@H]1O[C@@H](CO)[C@@H](O)C(O)C1O)OC(=O)CCCCCCCCCCCCCCCCC. The summed E-state index contributed by atoms with van der Waals surface area (Å²) < 4.78 is 22.1. The molecule has 0 radical (unpaired) electrons. The normalized spacial score (nSPS) is 20.7. The standard InChI is InChI=1S/C47H82O10/c1-3-5-7-9-11-13-15-17-19-20-22-23-25-27-29-31-33-35-42(49)54-38-40(39-55-47-46(53)45(52)44(51)41(37-48)57-47)56-43(50)36-34-32-30-28-26-24-21-18-16-14-12-10-8-6-4-2/h11,13,17,19,22-23,27,29,40-41,44-48,51-53H,3-10,12,14-16,18,20-21,24-26,28,30-39H2,1-2H3/b13-11+,19-17+,23-22+,29-27+/t40-,41-,44+,45?,46?,47-/m0/s1. The van der Waals surface area contributed by atoms with Crippen LogP contribution in [-0.4, -0.2) is 89.0 Å². The number of ether oxygens (including phenoxy) is 4. The first-order valence-electron chi connectivity index (χ1n) is 22.7. The number of allylic oxidation sites excluding steroid dienone is 8. The number of carbonyl (C=O) groups is 2. The van der Waals surface area contributed by atoms with Crippen LogP contribution in [0.15, 0.2) is 48.6 Å². The van der Waals surface area contributed by atoms with Gasteiger partial charge in [0.25, 0.3) is 0 Å². The minimum atomic E-state index is -1.60. The summed E-state index contributed by atoms with van der Waals surface area (Å²) in [4.78, 5) is 25.3. The summed E-state index contributed by atoms with van der Waals surface area (Å²) in [5.41, 5.74) is 0. The maximum atomic E-state index is 12.8. The maximum Gasteiger partial charge on any atom is 0.306 e. The highest BCUT2D eigenvalue weighted by molar-refractivity contribution is 5.70. The molecule has 0 aromatic carbocycles. The highest BCUT2D eigenvalue weighted by Crippen LogP contribution is 2.22. The number of aliphatic hydroxyl groups is 4. The molecule has 0 spiro atoms. The van der Waals surface area contributed by atoms with Crippen LogP contribution in [0.25, 0.3) is 0 Å². The van der Waals surface area contributed by atoms with Crippen LogP contribution in [0.3, 0.4) is 0 Å². The predicted octanol–water partition coefficient (Wildman–Crippen LogP) is 9.67. The van der Waals surface area contributed by atoms with Crippen LogP contribution in [0, 0.1) is 0 Å². The van der Waals surface area contributed by atoms with E-state index in [1.54, 1.807) is 0 Å². The third-order valence-corrected chi connectivity index (χ3v) is 10.2. The number of hydrogen-bond acceptors (Lipinski definition) is 10. The Morgan fingerprint density at radius 2 is 1.00 bits per heavy atom. The van der Waals surface area contributed by atoms with E-state index in [0.717, 1.165) is 44.9 Å². The van der Waals surface area contributed by atoms with Crippen LogP contribution in [0.5, 0.6) is 0 Å². The Morgan fingerprint density at radius 1 is 0.544 bits per heavy atom. The van der Waals surface area contributed by atoms with Crippen LogP contribution in [0.2, 0.25) is 0 Å². The van der Waals surface area contributed by atoms with Crippen LogP contribution in [0.1, 0.15) is 181 Å². The van der Waals surface area contributed by atoms with Gasteiger partial charge in [0.05, 0.1) is 13.2 Å². The van der Waals surface area contributed by atoms with Gasteiger partial charge in [-0.1, -0.05) is 165 Å². The first-order chi connectivity index (χ1) is 27.8. The average molecular weight is 807 g/mol. The molecule has 0 aromatic heterocycles. The number of aliphatic hydroxyl groups excluding tert-OH is 4. The first-order valence-corrected chi connectivity index (χ1v) is 22.7. The molecule has 1 heterocycles. The highest BCUT2D eigenvalue weighted by Gasteiger charge is 2.44. The molecule has 1 rings (SSSR count). The third kappa shape index (κ3) is 29.5. The lowest BCUT2D eigenvalue weighted by Gasteiger charge is -2.39. The molecule has 1 aliphatic heterocycles. The monoisotopic (exact) mass is 807 g/mol. The largest absolute Gasteiger partial charge is 0.462 e. The lowest BCUT2D eigenvalue weighted by Crippen LogP contribution is -2.59. The van der Waals surface area contributed by atoms with E-state index < -0.39 is 55.4 Å². The van der Waals surface area contributed by atoms with Crippen LogP contribution < -0.4 is 0 Å². The maximum absolute atomic E-state index is 12.8. The molecule has 0 aliphatic carbocycles. The molecule has 2 unspecified atom stereocenters. The van der Waals surface area contributed by atoms with Crippen molar-refractivity contribution in [2.45, 2.75) is 218 Å². The van der Waals surface area contributed by atoms with Crippen LogP contribution >= 0.6 is 0 Å². The van der Waals surface area contributed by atoms with Gasteiger partial charge in [0.15, 0.2) is 12.4 Å². The Morgan fingerprint density at radius 3 is 1.53 bits per heavy atom. The zero-order chi connectivity index (χ0) is 41.6. The fourth-order valence-electron chi connectivity index (χ4n) is 6.59. The van der Waals surface area contributed by atoms with Crippen molar-refractivity contribution in [1.29, 1.82) is 0 Å². The summed E-state index contributed by atoms with van der Waals surface area (Å²) in [6.45, 7) is 3.34. The van der Waals surface area contributed by atoms with E-state index in [1.165, 1.54) is 96.3 Å². The number of unbranched alkanes of at least 4 members (excludes halogenated alkanes) is 18. The van der Waals surface area contributed by atoms with Gasteiger partial charge in [0.1, 0.15) is 31.0 Å². The molecular weight excluding hydrogens is 725 g/mol. The second-order valence-electron chi connectivity index (χ2n) is 15.5. The molecule has 330 valence electrons. The van der Waals surface area contributed by atoms with Gasteiger partial charge in [-0.3, -0.25) is 9.59 Å². The molecule has 0 bridgehead atoms. The Bertz CT molecular complexity index is 1070. The van der Waals surface area contributed by atoms with Crippen molar-refractivity contribution in [1.82, 2.24) is 0 Å². The van der Waals surface area contributed by atoms with Gasteiger partial charge in [-0.2, -0.15) is 0 Å². The van der Waals surface area contributed by atoms with Gasteiger partial charge in [-0.15, -0.1) is 0 Å². The fraction of sp³-hybridized carbons (Fsp3) is 0.787. The summed E-state index contributed by atoms with van der Waals surface area (Å²) in [6.07, 6.45) is 36.9. The van der Waals surface area contributed by atoms with Crippen molar-refractivity contribution in [2.75, 3.05) is 19.8 Å². The van der Waals surface area contributed by atoms with E-state index in [4.69, 9.17) is 18.9 Å². The highest BCUT2D eigenvalue weighted by atomic mass is 16.7. The molecule has 1 saturated heterocycles. The van der Waals surface area contributed by atoms with E-state index in [2.05, 4.69) is 56.4 Å². The van der Waals surface area contributed by atoms with Gasteiger partial charge in [-0.25, -0.2) is 0 Å². The Balaban J connectivity index is 2.37. The summed E-state index contributed by atoms with van der Waals surface area (Å²) in [5.74, 6) is -0.870. The van der Waals surface area contributed by atoms with Gasteiger partial charge in [0.2, 0.25) is 0 Å². The van der Waals surface area contributed by atoms with Gasteiger partial charge < -0.3 is 39.4 Å². The number of carbonyl (C=O) groups excluding carboxylic acids is 2. The molecule has 10 heteroatoms. The summed E-state index contributed by atoms with van der Waals surface area (Å²) in [6, 6.07) is 0. The van der Waals surface area contributed by atoms with E-state index >= 15 is 0 Å². The average Bonchev–Trinajstić information content (AvgIpc) is 3.21. The van der Waals surface area contributed by atoms with E-state index in [1.807, 2.05) is 6.08 Å². The van der Waals surface area contributed by atoms with Crippen LogP contribution in [-0.2, 0) is 28.5 Å². The molecule has 4 N–H and O–H groups in total. The lowest BCUT2D eigenvalue weighted by atomic mass is 9.99. The molecule has 0 amide bonds. The third-order valence-electron chi connectivity index (χ3n) is 10.2. The van der Waals surface area contributed by atoms with Crippen molar-refractivity contribution in [3.63, 3.8) is 0 Å². The van der Waals surface area contributed by atoms with Gasteiger partial charge in [0, 0.05) is 12.8 Å². The molecule has 0 saturated carbocycles. The molecule has 10 nitrogen and oxygen atoms in total. The van der Waals surface area contributed by atoms with E-state index in [0.29, 0.717) is 12.8 Å². The van der Waals surface area contributed by atoms with Crippen molar-refractivity contribution < 1.29 is 49.0 Å². The second-order valence-corrected chi connectivity index (χ2v) is 15.5. The topological polar surface area (TPSA) is 152 Å². The predicted molar refractivity (Wildman–Crippen MR) is 229 cm³/mol. The summed E-state index contributed by atoms with van der Waals surface area (Å²) in [7, 11) is 0. The van der Waals surface area contributed by atoms with Crippen molar-refractivity contribution >= 4 is 11.9 Å². The minimum absolute atomic E-state index is 0.200. The smallest absolute Gasteiger partial charge is 0.306 e. The molecule has 1 aliphatic rings. The second kappa shape index (κ2) is 37.9. The van der Waals surface area contributed by atoms with Crippen molar-refractivity contribution in [3.8, 4) is 0 Å². The van der Waals surface area contributed by atoms with Crippen molar-refractivity contribution in [2.24, 2.45) is 0 Å². The van der Waals surface area contributed by atoms with Gasteiger partial charge >= 0.3 is 11.9 Å². The minimum Gasteiger partial charge on any atom is -0.462 e. The molecule has 57 heavy (non-hydrogen) atoms. The zero-order valence-corrected chi connectivity index (χ0v) is 35.8. The molecule has 6 atom stereocenters. The first kappa shape index (κ1) is 52.7. The zero-order valence-electron chi connectivity index (χ0n) is 35.8. The molecule has 0 aromatic rings. The van der Waals surface area contributed by atoms with Crippen LogP contribution in [0.4, 0.5) is 0 Å². The number of rotatable bonds is 37. The summed E-state index contributed by atoms with van der Waals surface area (Å²) in [5, 5.41) is 40.1. The Kier molecular flexibility index (Phi) is 35.0. The Labute approximate surface area is 346 Å². The fourth-order valence-corrected chi connectivity index (χ4v) is 6.59. The Hall–Kier alpha value is -2.34.